The van der Waals surface area contributed by atoms with E-state index >= 15 is 0 Å². The molecule has 8 heteroatoms. The fourth-order valence-electron chi connectivity index (χ4n) is 3.56. The van der Waals surface area contributed by atoms with E-state index in [-0.39, 0.29) is 31.6 Å². The molecule has 0 saturated carbocycles. The molecule has 2 amide bonds. The summed E-state index contributed by atoms with van der Waals surface area (Å²) in [4.78, 5) is 23.7. The molecule has 1 aliphatic rings. The number of nitrogens with one attached hydrogen (secondary N) is 2. The number of carbonyl (C=O) groups excluding carboxylic acids is 2. The number of fused-ring (bicyclic) bond motifs is 3. The Bertz CT molecular complexity index is 926. The van der Waals surface area contributed by atoms with Crippen LogP contribution in [-0.2, 0) is 18.6 Å². The van der Waals surface area contributed by atoms with Crippen molar-refractivity contribution in [3.8, 4) is 11.1 Å². The van der Waals surface area contributed by atoms with Crippen molar-refractivity contribution in [3.05, 3.63) is 59.7 Å². The molecule has 0 aliphatic heterocycles. The van der Waals surface area contributed by atoms with E-state index < -0.39 is 19.5 Å². The summed E-state index contributed by atoms with van der Waals surface area (Å²) in [5.74, 6) is -0.288. The van der Waals surface area contributed by atoms with E-state index in [0.717, 1.165) is 22.3 Å². The van der Waals surface area contributed by atoms with E-state index in [9.17, 15) is 14.2 Å². The molecule has 0 saturated heterocycles. The quantitative estimate of drug-likeness (QED) is 0.625. The Labute approximate surface area is 176 Å². The number of ether oxygens (including phenoxy) is 1. The minimum atomic E-state index is -2.69. The van der Waals surface area contributed by atoms with Crippen LogP contribution in [0.1, 0.15) is 24.0 Å². The molecular formula is C22H27N2O5P. The zero-order valence-corrected chi connectivity index (χ0v) is 18.3. The highest BCUT2D eigenvalue weighted by molar-refractivity contribution is 7.57. The Balaban J connectivity index is 1.57. The molecule has 3 rings (SSSR count). The summed E-state index contributed by atoms with van der Waals surface area (Å²) < 4.78 is 22.5. The first-order valence-corrected chi connectivity index (χ1v) is 12.3. The van der Waals surface area contributed by atoms with Crippen LogP contribution in [0.25, 0.3) is 11.1 Å². The molecule has 0 bridgehead atoms. The van der Waals surface area contributed by atoms with Gasteiger partial charge in [0.2, 0.25) is 5.91 Å². The second-order valence-electron chi connectivity index (χ2n) is 7.65. The van der Waals surface area contributed by atoms with Crippen LogP contribution in [0.5, 0.6) is 0 Å². The van der Waals surface area contributed by atoms with E-state index in [1.807, 2.05) is 24.3 Å². The van der Waals surface area contributed by atoms with Gasteiger partial charge in [0, 0.05) is 32.7 Å². The van der Waals surface area contributed by atoms with Crippen LogP contribution in [0.3, 0.4) is 0 Å². The first-order valence-electron chi connectivity index (χ1n) is 9.80. The van der Waals surface area contributed by atoms with Gasteiger partial charge in [0.15, 0.2) is 7.37 Å². The van der Waals surface area contributed by atoms with E-state index in [4.69, 9.17) is 9.26 Å². The molecule has 0 fully saturated rings. The van der Waals surface area contributed by atoms with Crippen molar-refractivity contribution >= 4 is 19.4 Å². The summed E-state index contributed by atoms with van der Waals surface area (Å²) in [6.07, 6.45) is -0.580. The molecule has 0 unspecified atom stereocenters. The molecule has 1 atom stereocenters. The van der Waals surface area contributed by atoms with Crippen LogP contribution in [0, 0.1) is 0 Å². The third-order valence-corrected chi connectivity index (χ3v) is 5.60. The molecule has 2 N–H and O–H groups in total. The van der Waals surface area contributed by atoms with Crippen LogP contribution in [-0.4, -0.2) is 51.1 Å². The topological polar surface area (TPSA) is 93.7 Å². The predicted molar refractivity (Wildman–Crippen MR) is 116 cm³/mol. The van der Waals surface area contributed by atoms with E-state index in [1.165, 1.54) is 20.3 Å². The molecule has 0 heterocycles. The molecular weight excluding hydrogens is 403 g/mol. The first kappa shape index (κ1) is 22.1. The fraction of sp³-hybridized carbons (Fsp3) is 0.364. The highest BCUT2D eigenvalue weighted by Crippen LogP contribution is 2.44. The average molecular weight is 430 g/mol. The summed E-state index contributed by atoms with van der Waals surface area (Å²) in [5.41, 5.74) is 4.59. The summed E-state index contributed by atoms with van der Waals surface area (Å²) >= 11 is 0. The van der Waals surface area contributed by atoms with Gasteiger partial charge in [-0.15, -0.1) is 0 Å². The Morgan fingerprint density at radius 3 is 2.13 bits per heavy atom. The second-order valence-corrected chi connectivity index (χ2v) is 10.4. The number of hydrogen-bond donors (Lipinski definition) is 2. The van der Waals surface area contributed by atoms with Gasteiger partial charge in [-0.3, -0.25) is 9.36 Å². The van der Waals surface area contributed by atoms with Crippen molar-refractivity contribution in [1.29, 1.82) is 0 Å². The van der Waals surface area contributed by atoms with E-state index in [1.54, 1.807) is 0 Å². The molecule has 7 nitrogen and oxygen atoms in total. The predicted octanol–water partition coefficient (Wildman–Crippen LogP) is 3.58. The van der Waals surface area contributed by atoms with Gasteiger partial charge < -0.3 is 19.9 Å². The standard InChI is InChI=1S/C22H27N2O5P/c1-15(25)24-16(13-29-30(2,3)27)12-23-22(26)28-14-21-19-10-6-4-8-17(19)18-9-5-7-11-20(18)21/h4-11,16,21H,12-14H2,1-3H3,(H,23,26)(H,24,25)/t16-/m1/s1. The maximum absolute atomic E-state index is 12.3. The summed E-state index contributed by atoms with van der Waals surface area (Å²) in [6, 6.07) is 15.7. The lowest BCUT2D eigenvalue weighted by molar-refractivity contribution is -0.119. The van der Waals surface area contributed by atoms with Crippen LogP contribution >= 0.6 is 7.37 Å². The highest BCUT2D eigenvalue weighted by atomic mass is 31.2. The number of hydrogen-bond acceptors (Lipinski definition) is 5. The van der Waals surface area contributed by atoms with Crippen molar-refractivity contribution in [1.82, 2.24) is 10.6 Å². The Hall–Kier alpha value is -2.63. The van der Waals surface area contributed by atoms with Gasteiger partial charge in [-0.1, -0.05) is 48.5 Å². The zero-order chi connectivity index (χ0) is 21.7. The van der Waals surface area contributed by atoms with Gasteiger partial charge in [0.1, 0.15) is 6.61 Å². The first-order chi connectivity index (χ1) is 14.2. The third kappa shape index (κ3) is 5.71. The molecule has 0 radical (unpaired) electrons. The lowest BCUT2D eigenvalue weighted by Crippen LogP contribution is -2.45. The fourth-order valence-corrected chi connectivity index (χ4v) is 4.10. The second kappa shape index (κ2) is 9.45. The van der Waals surface area contributed by atoms with Gasteiger partial charge in [0.25, 0.3) is 0 Å². The molecule has 2 aromatic rings. The van der Waals surface area contributed by atoms with E-state index in [2.05, 4.69) is 34.9 Å². The van der Waals surface area contributed by atoms with Gasteiger partial charge in [0.05, 0.1) is 12.6 Å². The number of amides is 2. The molecule has 0 aromatic heterocycles. The lowest BCUT2D eigenvalue weighted by atomic mass is 9.98. The Morgan fingerprint density at radius 2 is 1.60 bits per heavy atom. The molecule has 2 aromatic carbocycles. The van der Waals surface area contributed by atoms with Gasteiger partial charge in [-0.2, -0.15) is 0 Å². The smallest absolute Gasteiger partial charge is 0.407 e. The largest absolute Gasteiger partial charge is 0.449 e. The van der Waals surface area contributed by atoms with Crippen LogP contribution in [0.15, 0.2) is 48.5 Å². The molecule has 160 valence electrons. The number of alkyl carbamates (subject to hydrolysis) is 1. The summed E-state index contributed by atoms with van der Waals surface area (Å²) in [6.45, 7) is 4.72. The number of benzene rings is 2. The Morgan fingerprint density at radius 1 is 1.03 bits per heavy atom. The van der Waals surface area contributed by atoms with Crippen molar-refractivity contribution < 1.29 is 23.4 Å². The number of carbonyl (C=O) groups is 2. The van der Waals surface area contributed by atoms with Crippen molar-refractivity contribution in [2.24, 2.45) is 0 Å². The summed E-state index contributed by atoms with van der Waals surface area (Å²) in [7, 11) is -2.69. The molecule has 1 aliphatic carbocycles. The summed E-state index contributed by atoms with van der Waals surface area (Å²) in [5, 5.41) is 5.33. The van der Waals surface area contributed by atoms with Crippen molar-refractivity contribution in [2.75, 3.05) is 33.1 Å². The van der Waals surface area contributed by atoms with Crippen LogP contribution < -0.4 is 10.6 Å². The monoisotopic (exact) mass is 430 g/mol. The van der Waals surface area contributed by atoms with E-state index in [0.29, 0.717) is 0 Å². The maximum Gasteiger partial charge on any atom is 0.407 e. The lowest BCUT2D eigenvalue weighted by Gasteiger charge is -2.20. The van der Waals surface area contributed by atoms with Gasteiger partial charge in [-0.25, -0.2) is 4.79 Å². The minimum Gasteiger partial charge on any atom is -0.449 e. The normalized spacial score (nSPS) is 13.8. The van der Waals surface area contributed by atoms with Gasteiger partial charge in [-0.05, 0) is 22.3 Å². The maximum atomic E-state index is 12.3. The number of rotatable bonds is 8. The minimum absolute atomic E-state index is 0.0244. The van der Waals surface area contributed by atoms with Crippen LogP contribution in [0.2, 0.25) is 0 Å². The highest BCUT2D eigenvalue weighted by Gasteiger charge is 2.29. The van der Waals surface area contributed by atoms with Crippen molar-refractivity contribution in [3.63, 3.8) is 0 Å². The van der Waals surface area contributed by atoms with Crippen LogP contribution in [0.4, 0.5) is 4.79 Å². The molecule has 0 spiro atoms. The SMILES string of the molecule is CC(=O)N[C@H](CNC(=O)OCC1c2ccccc2-c2ccccc21)COP(C)(C)=O. The average Bonchev–Trinajstić information content (AvgIpc) is 3.01. The molecule has 30 heavy (non-hydrogen) atoms. The van der Waals surface area contributed by atoms with Gasteiger partial charge >= 0.3 is 6.09 Å². The Kier molecular flexibility index (Phi) is 6.95. The third-order valence-electron chi connectivity index (χ3n) is 4.83. The van der Waals surface area contributed by atoms with Crippen molar-refractivity contribution in [2.45, 2.75) is 18.9 Å². The zero-order valence-electron chi connectivity index (χ0n) is 17.4.